The number of carboxylic acid groups (broad SMARTS) is 1. The van der Waals surface area contributed by atoms with Gasteiger partial charge in [-0.2, -0.15) is 0 Å². The number of carbonyl (C=O) groups excluding carboxylic acids is 1. The van der Waals surface area contributed by atoms with Gasteiger partial charge in [0, 0.05) is 20.3 Å². The fraction of sp³-hybridized carbons (Fsp3) is 0.429. The van der Waals surface area contributed by atoms with E-state index >= 15 is 0 Å². The van der Waals surface area contributed by atoms with Crippen molar-refractivity contribution in [2.75, 3.05) is 34.0 Å². The molecule has 0 radical (unpaired) electrons. The van der Waals surface area contributed by atoms with Crippen molar-refractivity contribution in [3.8, 4) is 11.5 Å². The van der Waals surface area contributed by atoms with Gasteiger partial charge in [0.1, 0.15) is 5.56 Å². The minimum Gasteiger partial charge on any atom is -0.493 e. The lowest BCUT2D eigenvalue weighted by atomic mass is 10.2. The highest BCUT2D eigenvalue weighted by atomic mass is 16.5. The quantitative estimate of drug-likeness (QED) is 0.658. The molecule has 0 unspecified atom stereocenters. The lowest BCUT2D eigenvalue weighted by Crippen LogP contribution is -2.30. The molecule has 0 spiro atoms. The van der Waals surface area contributed by atoms with E-state index in [-0.39, 0.29) is 29.6 Å². The van der Waals surface area contributed by atoms with Crippen LogP contribution in [0.3, 0.4) is 0 Å². The predicted octanol–water partition coefficient (Wildman–Crippen LogP) is 0.925. The third-order valence-corrected chi connectivity index (χ3v) is 2.62. The average molecular weight is 297 g/mol. The maximum Gasteiger partial charge on any atom is 0.339 e. The van der Waals surface area contributed by atoms with Crippen LogP contribution in [0.4, 0.5) is 0 Å². The number of ether oxygens (including phenoxy) is 3. The number of benzene rings is 1. The number of carboxylic acids is 1. The lowest BCUT2D eigenvalue weighted by Gasteiger charge is -2.13. The van der Waals surface area contributed by atoms with E-state index in [2.05, 4.69) is 5.32 Å². The molecular formula is C14H19NO6. The van der Waals surface area contributed by atoms with Crippen molar-refractivity contribution in [3.05, 3.63) is 23.8 Å². The van der Waals surface area contributed by atoms with E-state index < -0.39 is 5.97 Å². The van der Waals surface area contributed by atoms with Crippen LogP contribution >= 0.6 is 0 Å². The molecule has 21 heavy (non-hydrogen) atoms. The Morgan fingerprint density at radius 1 is 1.29 bits per heavy atom. The number of amides is 1. The molecule has 7 nitrogen and oxygen atoms in total. The van der Waals surface area contributed by atoms with Gasteiger partial charge in [0.25, 0.3) is 5.91 Å². The number of para-hydroxylation sites is 1. The molecule has 0 fully saturated rings. The molecule has 0 aromatic heterocycles. The topological polar surface area (TPSA) is 94.1 Å². The molecule has 2 N–H and O–H groups in total. The minimum absolute atomic E-state index is 0.0412. The second-order valence-electron chi connectivity index (χ2n) is 4.13. The van der Waals surface area contributed by atoms with Crippen LogP contribution in [0.1, 0.15) is 16.8 Å². The average Bonchev–Trinajstić information content (AvgIpc) is 2.48. The zero-order valence-corrected chi connectivity index (χ0v) is 12.0. The molecule has 0 saturated heterocycles. The largest absolute Gasteiger partial charge is 0.493 e. The minimum atomic E-state index is -1.15. The van der Waals surface area contributed by atoms with Gasteiger partial charge in [0.05, 0.1) is 7.11 Å². The first-order valence-electron chi connectivity index (χ1n) is 6.39. The standard InChI is InChI=1S/C14H19NO6/c1-19-8-4-7-15-12(16)9-21-13-10(14(17)18)5-3-6-11(13)20-2/h3,5-6H,4,7-9H2,1-2H3,(H,15,16)(H,17,18). The SMILES string of the molecule is COCCCNC(=O)COc1c(OC)cccc1C(=O)O. The Morgan fingerprint density at radius 2 is 2.05 bits per heavy atom. The molecule has 7 heteroatoms. The Hall–Kier alpha value is -2.28. The van der Waals surface area contributed by atoms with Crippen LogP contribution in [0, 0.1) is 0 Å². The maximum atomic E-state index is 11.6. The summed E-state index contributed by atoms with van der Waals surface area (Å²) in [5, 5.41) is 11.7. The monoisotopic (exact) mass is 297 g/mol. The van der Waals surface area contributed by atoms with Crippen molar-refractivity contribution in [2.24, 2.45) is 0 Å². The van der Waals surface area contributed by atoms with Crippen LogP contribution in [0.25, 0.3) is 0 Å². The molecule has 1 aromatic carbocycles. The molecule has 0 aliphatic heterocycles. The summed E-state index contributed by atoms with van der Waals surface area (Å²) >= 11 is 0. The lowest BCUT2D eigenvalue weighted by molar-refractivity contribution is -0.123. The number of hydrogen-bond acceptors (Lipinski definition) is 5. The van der Waals surface area contributed by atoms with E-state index in [1.165, 1.54) is 13.2 Å². The highest BCUT2D eigenvalue weighted by molar-refractivity contribution is 5.92. The molecule has 1 aromatic rings. The predicted molar refractivity (Wildman–Crippen MR) is 75.0 cm³/mol. The van der Waals surface area contributed by atoms with E-state index in [0.717, 1.165) is 0 Å². The van der Waals surface area contributed by atoms with E-state index in [0.29, 0.717) is 19.6 Å². The van der Waals surface area contributed by atoms with Crippen LogP contribution in [-0.2, 0) is 9.53 Å². The van der Waals surface area contributed by atoms with E-state index in [1.807, 2.05) is 0 Å². The van der Waals surface area contributed by atoms with Crippen molar-refractivity contribution in [1.29, 1.82) is 0 Å². The first-order chi connectivity index (χ1) is 10.1. The normalized spacial score (nSPS) is 10.0. The van der Waals surface area contributed by atoms with Crippen LogP contribution in [0.2, 0.25) is 0 Å². The highest BCUT2D eigenvalue weighted by Gasteiger charge is 2.17. The molecule has 116 valence electrons. The van der Waals surface area contributed by atoms with E-state index in [1.54, 1.807) is 19.2 Å². The molecule has 0 bridgehead atoms. The second-order valence-corrected chi connectivity index (χ2v) is 4.13. The third kappa shape index (κ3) is 5.31. The summed E-state index contributed by atoms with van der Waals surface area (Å²) in [6, 6.07) is 4.49. The fourth-order valence-electron chi connectivity index (χ4n) is 1.63. The summed E-state index contributed by atoms with van der Waals surface area (Å²) in [5.41, 5.74) is -0.0541. The first kappa shape index (κ1) is 16.8. The van der Waals surface area contributed by atoms with Crippen molar-refractivity contribution < 1.29 is 28.9 Å². The van der Waals surface area contributed by atoms with Gasteiger partial charge in [0.2, 0.25) is 0 Å². The van der Waals surface area contributed by atoms with Crippen LogP contribution in [-0.4, -0.2) is 51.0 Å². The Kier molecular flexibility index (Phi) is 7.03. The fourth-order valence-corrected chi connectivity index (χ4v) is 1.63. The first-order valence-corrected chi connectivity index (χ1v) is 6.39. The van der Waals surface area contributed by atoms with Gasteiger partial charge in [-0.3, -0.25) is 4.79 Å². The number of hydrogen-bond donors (Lipinski definition) is 2. The molecule has 0 aliphatic carbocycles. The van der Waals surface area contributed by atoms with Gasteiger partial charge in [-0.1, -0.05) is 6.07 Å². The number of carbonyl (C=O) groups is 2. The maximum absolute atomic E-state index is 11.6. The van der Waals surface area contributed by atoms with Gasteiger partial charge in [-0.25, -0.2) is 4.79 Å². The van der Waals surface area contributed by atoms with Crippen molar-refractivity contribution >= 4 is 11.9 Å². The summed E-state index contributed by atoms with van der Waals surface area (Å²) in [4.78, 5) is 22.7. The number of methoxy groups -OCH3 is 2. The van der Waals surface area contributed by atoms with Gasteiger partial charge in [0.15, 0.2) is 18.1 Å². The molecule has 1 amide bonds. The molecule has 0 saturated carbocycles. The summed E-state index contributed by atoms with van der Waals surface area (Å²) in [6.07, 6.45) is 0.692. The summed E-state index contributed by atoms with van der Waals surface area (Å²) in [5.74, 6) is -1.18. The van der Waals surface area contributed by atoms with Crippen LogP contribution < -0.4 is 14.8 Å². The van der Waals surface area contributed by atoms with Crippen LogP contribution in [0.15, 0.2) is 18.2 Å². The van der Waals surface area contributed by atoms with Crippen LogP contribution in [0.5, 0.6) is 11.5 Å². The molecule has 1 rings (SSSR count). The number of rotatable bonds is 9. The van der Waals surface area contributed by atoms with E-state index in [4.69, 9.17) is 19.3 Å². The Morgan fingerprint density at radius 3 is 2.67 bits per heavy atom. The van der Waals surface area contributed by atoms with Gasteiger partial charge in [-0.15, -0.1) is 0 Å². The molecule has 0 atom stereocenters. The number of nitrogens with one attached hydrogen (secondary N) is 1. The summed E-state index contributed by atoms with van der Waals surface area (Å²) in [6.45, 7) is 0.734. The van der Waals surface area contributed by atoms with Crippen molar-refractivity contribution in [1.82, 2.24) is 5.32 Å². The molecule has 0 heterocycles. The smallest absolute Gasteiger partial charge is 0.339 e. The molecule has 0 aliphatic rings. The Balaban J connectivity index is 2.61. The zero-order chi connectivity index (χ0) is 15.7. The third-order valence-electron chi connectivity index (χ3n) is 2.62. The highest BCUT2D eigenvalue weighted by Crippen LogP contribution is 2.30. The van der Waals surface area contributed by atoms with Crippen molar-refractivity contribution in [3.63, 3.8) is 0 Å². The summed E-state index contributed by atoms with van der Waals surface area (Å²) < 4.78 is 15.2. The van der Waals surface area contributed by atoms with Gasteiger partial charge in [-0.05, 0) is 18.6 Å². The zero-order valence-electron chi connectivity index (χ0n) is 12.0. The Bertz CT molecular complexity index is 488. The Labute approximate surface area is 122 Å². The van der Waals surface area contributed by atoms with Gasteiger partial charge >= 0.3 is 5.97 Å². The van der Waals surface area contributed by atoms with E-state index in [9.17, 15) is 9.59 Å². The number of aromatic carboxylic acids is 1. The van der Waals surface area contributed by atoms with Crippen molar-refractivity contribution in [2.45, 2.75) is 6.42 Å². The van der Waals surface area contributed by atoms with Gasteiger partial charge < -0.3 is 24.6 Å². The summed E-state index contributed by atoms with van der Waals surface area (Å²) in [7, 11) is 2.98. The second kappa shape index (κ2) is 8.80. The molecular weight excluding hydrogens is 278 g/mol.